The molecule has 1 aromatic heterocycles. The molecule has 0 amide bonds. The zero-order chi connectivity index (χ0) is 20.6. The summed E-state index contributed by atoms with van der Waals surface area (Å²) in [6, 6.07) is 14.4. The van der Waals surface area contributed by atoms with Gasteiger partial charge in [-0.05, 0) is 30.2 Å². The number of aliphatic imine (C=N–C) groups is 1. The standard InChI is InChI=1S/C23H27N5O2/c1-2-25-23(27-20-8-9-21-22(14-20)30-13-3-12-29-21)26-15-18-4-6-19(7-5-18)16-28-11-10-24-17-28/h4-11,14,17H,2-3,12-13,15-16H2,1H3,(H2,25,26,27). The number of fused-ring (bicyclic) bond motifs is 1. The van der Waals surface area contributed by atoms with Gasteiger partial charge in [0.15, 0.2) is 17.5 Å². The molecule has 7 nitrogen and oxygen atoms in total. The summed E-state index contributed by atoms with van der Waals surface area (Å²) in [6.07, 6.45) is 6.47. The highest BCUT2D eigenvalue weighted by Crippen LogP contribution is 2.32. The molecule has 4 rings (SSSR count). The number of aromatic nitrogens is 2. The van der Waals surface area contributed by atoms with Gasteiger partial charge in [-0.3, -0.25) is 0 Å². The molecular weight excluding hydrogens is 378 g/mol. The van der Waals surface area contributed by atoms with Crippen molar-refractivity contribution in [1.29, 1.82) is 0 Å². The Morgan fingerprint density at radius 1 is 1.07 bits per heavy atom. The Labute approximate surface area is 176 Å². The number of guanidine groups is 1. The van der Waals surface area contributed by atoms with Gasteiger partial charge < -0.3 is 24.7 Å². The Bertz CT molecular complexity index is 968. The first-order chi connectivity index (χ1) is 14.8. The van der Waals surface area contributed by atoms with Gasteiger partial charge in [-0.25, -0.2) is 9.98 Å². The second-order valence-electron chi connectivity index (χ2n) is 7.08. The first kappa shape index (κ1) is 19.8. The minimum absolute atomic E-state index is 0.589. The van der Waals surface area contributed by atoms with Crippen molar-refractivity contribution >= 4 is 11.6 Å². The Morgan fingerprint density at radius 2 is 1.87 bits per heavy atom. The Balaban J connectivity index is 1.40. The van der Waals surface area contributed by atoms with Crippen molar-refractivity contribution in [2.45, 2.75) is 26.4 Å². The Kier molecular flexibility index (Phi) is 6.49. The van der Waals surface area contributed by atoms with E-state index in [1.54, 1.807) is 6.20 Å². The summed E-state index contributed by atoms with van der Waals surface area (Å²) in [5.41, 5.74) is 3.30. The van der Waals surface area contributed by atoms with Crippen LogP contribution >= 0.6 is 0 Å². The molecule has 0 fully saturated rings. The van der Waals surface area contributed by atoms with Crippen LogP contribution in [0, 0.1) is 0 Å². The van der Waals surface area contributed by atoms with Crippen molar-refractivity contribution < 1.29 is 9.47 Å². The van der Waals surface area contributed by atoms with Gasteiger partial charge in [0.2, 0.25) is 0 Å². The van der Waals surface area contributed by atoms with E-state index < -0.39 is 0 Å². The number of anilines is 1. The maximum atomic E-state index is 5.78. The third-order valence-electron chi connectivity index (χ3n) is 4.72. The molecule has 0 aliphatic carbocycles. The number of imidazole rings is 1. The van der Waals surface area contributed by atoms with Crippen LogP contribution in [0.2, 0.25) is 0 Å². The number of hydrogen-bond donors (Lipinski definition) is 2. The molecule has 0 radical (unpaired) electrons. The highest BCUT2D eigenvalue weighted by atomic mass is 16.5. The molecule has 0 saturated carbocycles. The van der Waals surface area contributed by atoms with E-state index >= 15 is 0 Å². The zero-order valence-electron chi connectivity index (χ0n) is 17.2. The van der Waals surface area contributed by atoms with Crippen molar-refractivity contribution in [1.82, 2.24) is 14.9 Å². The van der Waals surface area contributed by atoms with Crippen LogP contribution in [-0.2, 0) is 13.1 Å². The van der Waals surface area contributed by atoms with Crippen molar-refractivity contribution in [2.75, 3.05) is 25.1 Å². The first-order valence-electron chi connectivity index (χ1n) is 10.3. The Morgan fingerprint density at radius 3 is 2.63 bits per heavy atom. The van der Waals surface area contributed by atoms with Crippen LogP contribution in [0.15, 0.2) is 66.2 Å². The molecule has 1 aliphatic heterocycles. The van der Waals surface area contributed by atoms with E-state index in [0.29, 0.717) is 19.8 Å². The van der Waals surface area contributed by atoms with Crippen LogP contribution in [0.25, 0.3) is 0 Å². The van der Waals surface area contributed by atoms with E-state index in [4.69, 9.17) is 14.5 Å². The number of rotatable bonds is 6. The SMILES string of the molecule is CCNC(=NCc1ccc(Cn2ccnc2)cc1)Nc1ccc2c(c1)OCCCO2. The molecule has 0 spiro atoms. The predicted molar refractivity (Wildman–Crippen MR) is 118 cm³/mol. The van der Waals surface area contributed by atoms with Gasteiger partial charge in [-0.1, -0.05) is 24.3 Å². The lowest BCUT2D eigenvalue weighted by Crippen LogP contribution is -2.30. The summed E-state index contributed by atoms with van der Waals surface area (Å²) >= 11 is 0. The monoisotopic (exact) mass is 405 g/mol. The maximum Gasteiger partial charge on any atom is 0.196 e. The highest BCUT2D eigenvalue weighted by Gasteiger charge is 2.11. The third kappa shape index (κ3) is 5.31. The number of nitrogens with zero attached hydrogens (tertiary/aromatic N) is 3. The predicted octanol–water partition coefficient (Wildman–Crippen LogP) is 3.67. The lowest BCUT2D eigenvalue weighted by Gasteiger charge is -2.14. The second-order valence-corrected chi connectivity index (χ2v) is 7.08. The lowest BCUT2D eigenvalue weighted by atomic mass is 10.1. The minimum Gasteiger partial charge on any atom is -0.490 e. The fraction of sp³-hybridized carbons (Fsp3) is 0.304. The van der Waals surface area contributed by atoms with Gasteiger partial charge in [0.25, 0.3) is 0 Å². The molecule has 0 atom stereocenters. The number of hydrogen-bond acceptors (Lipinski definition) is 4. The highest BCUT2D eigenvalue weighted by molar-refractivity contribution is 5.93. The fourth-order valence-corrected chi connectivity index (χ4v) is 3.20. The van der Waals surface area contributed by atoms with E-state index in [9.17, 15) is 0 Å². The van der Waals surface area contributed by atoms with E-state index in [2.05, 4.69) is 51.4 Å². The minimum atomic E-state index is 0.589. The average molecular weight is 406 g/mol. The molecule has 7 heteroatoms. The summed E-state index contributed by atoms with van der Waals surface area (Å²) in [5, 5.41) is 6.65. The molecule has 2 heterocycles. The molecule has 3 aromatic rings. The summed E-state index contributed by atoms with van der Waals surface area (Å²) in [6.45, 7) is 5.59. The largest absolute Gasteiger partial charge is 0.490 e. The normalized spacial score (nSPS) is 13.6. The van der Waals surface area contributed by atoms with E-state index in [-0.39, 0.29) is 0 Å². The molecule has 1 aliphatic rings. The molecule has 0 unspecified atom stereocenters. The molecule has 0 saturated heterocycles. The van der Waals surface area contributed by atoms with Gasteiger partial charge in [0.1, 0.15) is 0 Å². The second kappa shape index (κ2) is 9.82. The third-order valence-corrected chi connectivity index (χ3v) is 4.72. The summed E-state index contributed by atoms with van der Waals surface area (Å²) in [7, 11) is 0. The molecule has 2 aromatic carbocycles. The Hall–Kier alpha value is -3.48. The van der Waals surface area contributed by atoms with Crippen LogP contribution in [0.1, 0.15) is 24.5 Å². The average Bonchev–Trinajstić information content (AvgIpc) is 3.16. The quantitative estimate of drug-likeness (QED) is 0.484. The van der Waals surface area contributed by atoms with Crippen LogP contribution in [-0.4, -0.2) is 35.3 Å². The van der Waals surface area contributed by atoms with Crippen molar-refractivity contribution in [3.05, 3.63) is 72.3 Å². The van der Waals surface area contributed by atoms with Crippen molar-refractivity contribution in [3.63, 3.8) is 0 Å². The van der Waals surface area contributed by atoms with E-state index in [1.807, 2.05) is 30.7 Å². The topological polar surface area (TPSA) is 72.7 Å². The summed E-state index contributed by atoms with van der Waals surface area (Å²) < 4.78 is 13.5. The first-order valence-corrected chi connectivity index (χ1v) is 10.3. The van der Waals surface area contributed by atoms with Crippen LogP contribution in [0.5, 0.6) is 11.5 Å². The summed E-state index contributed by atoms with van der Waals surface area (Å²) in [5.74, 6) is 2.28. The van der Waals surface area contributed by atoms with Gasteiger partial charge in [-0.15, -0.1) is 0 Å². The molecule has 30 heavy (non-hydrogen) atoms. The lowest BCUT2D eigenvalue weighted by molar-refractivity contribution is 0.297. The van der Waals surface area contributed by atoms with Crippen molar-refractivity contribution in [3.8, 4) is 11.5 Å². The van der Waals surface area contributed by atoms with E-state index in [0.717, 1.165) is 48.2 Å². The molecule has 156 valence electrons. The van der Waals surface area contributed by atoms with Gasteiger partial charge >= 0.3 is 0 Å². The van der Waals surface area contributed by atoms with Gasteiger partial charge in [0.05, 0.1) is 26.1 Å². The molecule has 2 N–H and O–H groups in total. The summed E-state index contributed by atoms with van der Waals surface area (Å²) in [4.78, 5) is 8.80. The molecular formula is C23H27N5O2. The fourth-order valence-electron chi connectivity index (χ4n) is 3.20. The van der Waals surface area contributed by atoms with Crippen LogP contribution in [0.4, 0.5) is 5.69 Å². The van der Waals surface area contributed by atoms with Gasteiger partial charge in [0, 0.05) is 43.7 Å². The number of benzene rings is 2. The number of ether oxygens (including phenoxy) is 2. The zero-order valence-corrected chi connectivity index (χ0v) is 17.2. The van der Waals surface area contributed by atoms with Crippen molar-refractivity contribution in [2.24, 2.45) is 4.99 Å². The van der Waals surface area contributed by atoms with Gasteiger partial charge in [-0.2, -0.15) is 0 Å². The number of nitrogens with one attached hydrogen (secondary N) is 2. The van der Waals surface area contributed by atoms with Crippen LogP contribution < -0.4 is 20.1 Å². The molecule has 0 bridgehead atoms. The van der Waals surface area contributed by atoms with E-state index in [1.165, 1.54) is 5.56 Å². The maximum absolute atomic E-state index is 5.78. The smallest absolute Gasteiger partial charge is 0.196 e. The van der Waals surface area contributed by atoms with Crippen LogP contribution in [0.3, 0.4) is 0 Å².